The second kappa shape index (κ2) is 6.67. The summed E-state index contributed by atoms with van der Waals surface area (Å²) in [4.78, 5) is 24.9. The lowest BCUT2D eigenvalue weighted by molar-refractivity contribution is 0.0741. The Balaban J connectivity index is 1.70. The number of aromatic nitrogens is 2. The molecule has 0 atom stereocenters. The fourth-order valence-electron chi connectivity index (χ4n) is 4.44. The largest absolute Gasteiger partial charge is 0.349 e. The summed E-state index contributed by atoms with van der Waals surface area (Å²) in [6, 6.07) is 2.55. The third-order valence-electron chi connectivity index (χ3n) is 5.82. The zero-order chi connectivity index (χ0) is 17.4. The van der Waals surface area contributed by atoms with Gasteiger partial charge in [0.2, 0.25) is 0 Å². The predicted molar refractivity (Wildman–Crippen MR) is 99.8 cm³/mol. The van der Waals surface area contributed by atoms with Gasteiger partial charge in [-0.2, -0.15) is 0 Å². The van der Waals surface area contributed by atoms with Gasteiger partial charge in [0.1, 0.15) is 5.65 Å². The van der Waals surface area contributed by atoms with Crippen molar-refractivity contribution in [2.45, 2.75) is 38.6 Å². The van der Waals surface area contributed by atoms with Gasteiger partial charge in [0.05, 0.1) is 17.9 Å². The Hall–Kier alpha value is -2.08. The van der Waals surface area contributed by atoms with Crippen LogP contribution in [0.5, 0.6) is 0 Å². The highest BCUT2D eigenvalue weighted by Crippen LogP contribution is 2.38. The SMILES string of the molecule is CCN1CN(C2CCC(CNC)CC2)c2c(cnc3[nH]ccc23)C1=O. The lowest BCUT2D eigenvalue weighted by Gasteiger charge is -2.44. The van der Waals surface area contributed by atoms with E-state index in [0.717, 1.165) is 41.3 Å². The maximum Gasteiger partial charge on any atom is 0.258 e. The van der Waals surface area contributed by atoms with E-state index < -0.39 is 0 Å². The minimum atomic E-state index is 0.105. The van der Waals surface area contributed by atoms with Gasteiger partial charge in [0.25, 0.3) is 5.91 Å². The lowest BCUT2D eigenvalue weighted by Crippen LogP contribution is -2.51. The number of hydrogen-bond donors (Lipinski definition) is 2. The van der Waals surface area contributed by atoms with E-state index in [1.54, 1.807) is 6.20 Å². The first-order valence-electron chi connectivity index (χ1n) is 9.39. The molecule has 2 aromatic rings. The highest BCUT2D eigenvalue weighted by molar-refractivity contribution is 6.08. The molecule has 2 aromatic heterocycles. The molecule has 0 bridgehead atoms. The number of nitrogens with one attached hydrogen (secondary N) is 2. The Morgan fingerprint density at radius 2 is 2.12 bits per heavy atom. The van der Waals surface area contributed by atoms with Crippen LogP contribution in [-0.2, 0) is 0 Å². The van der Waals surface area contributed by atoms with E-state index in [-0.39, 0.29) is 5.91 Å². The molecule has 1 aliphatic heterocycles. The third kappa shape index (κ3) is 2.78. The molecule has 0 radical (unpaired) electrons. The van der Waals surface area contributed by atoms with E-state index in [4.69, 9.17) is 0 Å². The van der Waals surface area contributed by atoms with Crippen LogP contribution in [0.3, 0.4) is 0 Å². The van der Waals surface area contributed by atoms with Gasteiger partial charge in [-0.05, 0) is 58.2 Å². The van der Waals surface area contributed by atoms with Crippen molar-refractivity contribution in [1.29, 1.82) is 0 Å². The van der Waals surface area contributed by atoms with Crippen LogP contribution in [0.2, 0.25) is 0 Å². The van der Waals surface area contributed by atoms with Gasteiger partial charge in [-0.15, -0.1) is 0 Å². The molecule has 134 valence electrons. The van der Waals surface area contributed by atoms with Crippen molar-refractivity contribution in [2.75, 3.05) is 31.7 Å². The molecule has 4 rings (SSSR count). The van der Waals surface area contributed by atoms with Crippen LogP contribution < -0.4 is 10.2 Å². The highest BCUT2D eigenvalue weighted by Gasteiger charge is 2.35. The molecule has 0 unspecified atom stereocenters. The van der Waals surface area contributed by atoms with Gasteiger partial charge < -0.3 is 20.1 Å². The van der Waals surface area contributed by atoms with Crippen molar-refractivity contribution >= 4 is 22.6 Å². The van der Waals surface area contributed by atoms with E-state index >= 15 is 0 Å². The Bertz CT molecular complexity index is 762. The summed E-state index contributed by atoms with van der Waals surface area (Å²) in [6.45, 7) is 4.57. The summed E-state index contributed by atoms with van der Waals surface area (Å²) >= 11 is 0. The number of fused-ring (bicyclic) bond motifs is 3. The fourth-order valence-corrected chi connectivity index (χ4v) is 4.44. The Morgan fingerprint density at radius 3 is 2.84 bits per heavy atom. The monoisotopic (exact) mass is 341 g/mol. The smallest absolute Gasteiger partial charge is 0.258 e. The molecule has 0 aromatic carbocycles. The normalized spacial score (nSPS) is 24.0. The van der Waals surface area contributed by atoms with Crippen molar-refractivity contribution in [2.24, 2.45) is 5.92 Å². The zero-order valence-electron chi connectivity index (χ0n) is 15.1. The van der Waals surface area contributed by atoms with Crippen LogP contribution in [0.25, 0.3) is 11.0 Å². The van der Waals surface area contributed by atoms with Gasteiger partial charge in [-0.1, -0.05) is 0 Å². The number of nitrogens with zero attached hydrogens (tertiary/aromatic N) is 3. The van der Waals surface area contributed by atoms with E-state index in [0.29, 0.717) is 12.7 Å². The van der Waals surface area contributed by atoms with Crippen LogP contribution in [0.15, 0.2) is 18.5 Å². The van der Waals surface area contributed by atoms with Crippen molar-refractivity contribution in [3.63, 3.8) is 0 Å². The summed E-state index contributed by atoms with van der Waals surface area (Å²) in [6.07, 6.45) is 8.53. The van der Waals surface area contributed by atoms with Crippen molar-refractivity contribution in [3.05, 3.63) is 24.0 Å². The van der Waals surface area contributed by atoms with Gasteiger partial charge in [0, 0.05) is 30.4 Å². The zero-order valence-corrected chi connectivity index (χ0v) is 15.1. The predicted octanol–water partition coefficient (Wildman–Crippen LogP) is 2.58. The van der Waals surface area contributed by atoms with Gasteiger partial charge in [-0.3, -0.25) is 4.79 Å². The van der Waals surface area contributed by atoms with Crippen LogP contribution >= 0.6 is 0 Å². The molecule has 3 heterocycles. The molecule has 6 nitrogen and oxygen atoms in total. The first kappa shape index (κ1) is 16.4. The minimum Gasteiger partial charge on any atom is -0.349 e. The standard InChI is InChI=1S/C19H27N5O/c1-3-23-12-24(14-6-4-13(5-7-14)10-20-2)17-15-8-9-21-18(15)22-11-16(17)19(23)25/h8-9,11,13-14,20H,3-7,10,12H2,1-2H3,(H,21,22). The first-order valence-corrected chi connectivity index (χ1v) is 9.39. The molecule has 1 amide bonds. The highest BCUT2D eigenvalue weighted by atomic mass is 16.2. The molecule has 25 heavy (non-hydrogen) atoms. The molecular weight excluding hydrogens is 314 g/mol. The summed E-state index contributed by atoms with van der Waals surface area (Å²) in [5.41, 5.74) is 2.70. The van der Waals surface area contributed by atoms with E-state index in [9.17, 15) is 4.79 Å². The topological polar surface area (TPSA) is 64.3 Å². The van der Waals surface area contributed by atoms with E-state index in [1.807, 2.05) is 25.1 Å². The van der Waals surface area contributed by atoms with Crippen molar-refractivity contribution in [1.82, 2.24) is 20.2 Å². The number of aromatic amines is 1. The lowest BCUT2D eigenvalue weighted by atomic mass is 9.84. The minimum absolute atomic E-state index is 0.105. The number of hydrogen-bond acceptors (Lipinski definition) is 4. The maximum atomic E-state index is 12.8. The molecule has 6 heteroatoms. The van der Waals surface area contributed by atoms with E-state index in [2.05, 4.69) is 26.3 Å². The number of pyridine rings is 1. The number of amides is 1. The number of rotatable bonds is 4. The summed E-state index contributed by atoms with van der Waals surface area (Å²) in [7, 11) is 2.04. The molecule has 2 aliphatic rings. The second-order valence-corrected chi connectivity index (χ2v) is 7.27. The summed E-state index contributed by atoms with van der Waals surface area (Å²) in [5.74, 6) is 0.882. The molecular formula is C19H27N5O. The maximum absolute atomic E-state index is 12.8. The summed E-state index contributed by atoms with van der Waals surface area (Å²) < 4.78 is 0. The molecule has 2 N–H and O–H groups in total. The van der Waals surface area contributed by atoms with Crippen molar-refractivity contribution < 1.29 is 4.79 Å². The van der Waals surface area contributed by atoms with E-state index in [1.165, 1.54) is 25.7 Å². The Kier molecular flexibility index (Phi) is 4.37. The number of anilines is 1. The Morgan fingerprint density at radius 1 is 1.32 bits per heavy atom. The molecule has 0 spiro atoms. The Labute approximate surface area is 148 Å². The van der Waals surface area contributed by atoms with Crippen LogP contribution in [0, 0.1) is 5.92 Å². The number of carbonyl (C=O) groups is 1. The van der Waals surface area contributed by atoms with Gasteiger partial charge in [0.15, 0.2) is 0 Å². The number of H-pyrrole nitrogens is 1. The molecule has 1 fully saturated rings. The second-order valence-electron chi connectivity index (χ2n) is 7.27. The average Bonchev–Trinajstić information content (AvgIpc) is 3.12. The first-order chi connectivity index (χ1) is 12.2. The number of carbonyl (C=O) groups excluding carboxylic acids is 1. The van der Waals surface area contributed by atoms with Crippen LogP contribution in [0.4, 0.5) is 5.69 Å². The quantitative estimate of drug-likeness (QED) is 0.897. The van der Waals surface area contributed by atoms with Gasteiger partial charge in [-0.25, -0.2) is 4.98 Å². The third-order valence-corrected chi connectivity index (χ3v) is 5.82. The van der Waals surface area contributed by atoms with Crippen LogP contribution in [-0.4, -0.2) is 53.6 Å². The van der Waals surface area contributed by atoms with Crippen LogP contribution in [0.1, 0.15) is 43.0 Å². The van der Waals surface area contributed by atoms with Crippen molar-refractivity contribution in [3.8, 4) is 0 Å². The molecule has 0 saturated heterocycles. The fraction of sp³-hybridized carbons (Fsp3) is 0.579. The molecule has 1 aliphatic carbocycles. The van der Waals surface area contributed by atoms with Gasteiger partial charge >= 0.3 is 0 Å². The average molecular weight is 341 g/mol. The summed E-state index contributed by atoms with van der Waals surface area (Å²) in [5, 5.41) is 4.38. The molecule has 1 saturated carbocycles.